The van der Waals surface area contributed by atoms with E-state index in [1.54, 1.807) is 19.2 Å². The summed E-state index contributed by atoms with van der Waals surface area (Å²) in [5, 5.41) is 9.80. The summed E-state index contributed by atoms with van der Waals surface area (Å²) in [7, 11) is -2.02. The van der Waals surface area contributed by atoms with Crippen LogP contribution in [0, 0.1) is 0 Å². The van der Waals surface area contributed by atoms with E-state index in [1.165, 1.54) is 106 Å². The van der Waals surface area contributed by atoms with Crippen LogP contribution in [0.25, 0.3) is 0 Å². The van der Waals surface area contributed by atoms with Gasteiger partial charge in [-0.05, 0) is 18.6 Å². The molecular weight excluding hydrogens is 394 g/mol. The van der Waals surface area contributed by atoms with Gasteiger partial charge in [-0.2, -0.15) is 0 Å². The second-order valence-corrected chi connectivity index (χ2v) is 10.6. The van der Waals surface area contributed by atoms with Crippen molar-refractivity contribution in [3.63, 3.8) is 0 Å². The first-order chi connectivity index (χ1) is 14.5. The second kappa shape index (κ2) is 16.6. The number of aromatic hydroxyl groups is 1. The lowest BCUT2D eigenvalue weighted by molar-refractivity contribution is 0.432. The summed E-state index contributed by atoms with van der Waals surface area (Å²) in [6.45, 7) is 2.76. The molecule has 0 radical (unpaired) electrons. The van der Waals surface area contributed by atoms with Crippen molar-refractivity contribution in [2.24, 2.45) is 0 Å². The van der Waals surface area contributed by atoms with Gasteiger partial charge in [-0.25, -0.2) is 12.7 Å². The second-order valence-electron chi connectivity index (χ2n) is 8.60. The first-order valence-electron chi connectivity index (χ1n) is 12.2. The van der Waals surface area contributed by atoms with Gasteiger partial charge in [-0.15, -0.1) is 0 Å². The molecule has 0 saturated carbocycles. The molecule has 1 rings (SSSR count). The van der Waals surface area contributed by atoms with E-state index in [0.29, 0.717) is 6.54 Å². The normalized spacial score (nSPS) is 12.0. The smallest absolute Gasteiger partial charge is 0.246 e. The van der Waals surface area contributed by atoms with Gasteiger partial charge in [0.1, 0.15) is 10.6 Å². The van der Waals surface area contributed by atoms with E-state index >= 15 is 0 Å². The molecule has 1 aromatic carbocycles. The third kappa shape index (κ3) is 11.4. The Morgan fingerprint density at radius 3 is 1.53 bits per heavy atom. The molecule has 0 amide bonds. The van der Waals surface area contributed by atoms with E-state index in [-0.39, 0.29) is 10.6 Å². The van der Waals surface area contributed by atoms with Crippen molar-refractivity contribution >= 4 is 10.0 Å². The maximum Gasteiger partial charge on any atom is 0.246 e. The maximum absolute atomic E-state index is 12.5. The minimum absolute atomic E-state index is 0.0102. The molecule has 0 bridgehead atoms. The molecule has 0 fully saturated rings. The minimum Gasteiger partial charge on any atom is -0.507 e. The molecule has 30 heavy (non-hydrogen) atoms. The van der Waals surface area contributed by atoms with Gasteiger partial charge in [0.25, 0.3) is 0 Å². The van der Waals surface area contributed by atoms with Crippen LogP contribution < -0.4 is 0 Å². The van der Waals surface area contributed by atoms with Crippen molar-refractivity contribution in [1.82, 2.24) is 4.31 Å². The molecule has 0 aliphatic rings. The number of hydrogen-bond acceptors (Lipinski definition) is 3. The summed E-state index contributed by atoms with van der Waals surface area (Å²) in [5.74, 6) is -0.184. The van der Waals surface area contributed by atoms with Gasteiger partial charge in [-0.1, -0.05) is 115 Å². The molecule has 0 spiro atoms. The molecular formula is C25H45NO3S. The van der Waals surface area contributed by atoms with Gasteiger partial charge in [-0.3, -0.25) is 0 Å². The van der Waals surface area contributed by atoms with Crippen LogP contribution in [0.5, 0.6) is 5.75 Å². The quantitative estimate of drug-likeness (QED) is 0.230. The summed E-state index contributed by atoms with van der Waals surface area (Å²) in [5.41, 5.74) is 0. The molecule has 0 unspecified atom stereocenters. The van der Waals surface area contributed by atoms with Gasteiger partial charge in [0.2, 0.25) is 10.0 Å². The highest BCUT2D eigenvalue weighted by Crippen LogP contribution is 2.24. The standard InChI is InChI=1S/C25H45NO3S/c1-3-4-5-6-7-8-9-10-11-12-13-14-15-16-17-20-23-26(2)30(28,29)25-22-19-18-21-24(25)27/h18-19,21-22,27H,3-17,20,23H2,1-2H3. The Balaban J connectivity index is 1.96. The fraction of sp³-hybridized carbons (Fsp3) is 0.760. The monoisotopic (exact) mass is 439 g/mol. The van der Waals surface area contributed by atoms with Crippen molar-refractivity contribution in [3.05, 3.63) is 24.3 Å². The number of benzene rings is 1. The molecule has 0 aliphatic carbocycles. The van der Waals surface area contributed by atoms with Gasteiger partial charge in [0.05, 0.1) is 0 Å². The van der Waals surface area contributed by atoms with Crippen LogP contribution >= 0.6 is 0 Å². The maximum atomic E-state index is 12.5. The van der Waals surface area contributed by atoms with Gasteiger partial charge in [0.15, 0.2) is 0 Å². The van der Waals surface area contributed by atoms with Crippen molar-refractivity contribution < 1.29 is 13.5 Å². The predicted octanol–water partition coefficient (Wildman–Crippen LogP) is 7.27. The molecule has 0 saturated heterocycles. The fourth-order valence-electron chi connectivity index (χ4n) is 3.85. The van der Waals surface area contributed by atoms with Crippen LogP contribution in [0.1, 0.15) is 110 Å². The average molecular weight is 440 g/mol. The summed E-state index contributed by atoms with van der Waals surface area (Å²) in [6.07, 6.45) is 20.9. The zero-order valence-corrected chi connectivity index (χ0v) is 20.3. The molecule has 1 aromatic rings. The number of sulfonamides is 1. The van der Waals surface area contributed by atoms with Gasteiger partial charge in [0, 0.05) is 13.6 Å². The van der Waals surface area contributed by atoms with Gasteiger partial charge < -0.3 is 5.11 Å². The zero-order valence-electron chi connectivity index (χ0n) is 19.4. The molecule has 1 N–H and O–H groups in total. The average Bonchev–Trinajstić information content (AvgIpc) is 2.73. The van der Waals surface area contributed by atoms with E-state index in [4.69, 9.17) is 0 Å². The minimum atomic E-state index is -3.61. The van der Waals surface area contributed by atoms with Gasteiger partial charge >= 0.3 is 0 Å². The number of hydrogen-bond donors (Lipinski definition) is 1. The Hall–Kier alpha value is -1.07. The highest BCUT2D eigenvalue weighted by Gasteiger charge is 2.23. The lowest BCUT2D eigenvalue weighted by Gasteiger charge is -2.17. The Labute approximate surface area is 186 Å². The number of para-hydroxylation sites is 1. The summed E-state index contributed by atoms with van der Waals surface area (Å²) in [6, 6.07) is 6.13. The van der Waals surface area contributed by atoms with E-state index in [9.17, 15) is 13.5 Å². The third-order valence-corrected chi connectivity index (χ3v) is 7.78. The van der Waals surface area contributed by atoms with Crippen LogP contribution in [0.4, 0.5) is 0 Å². The molecule has 0 aliphatic heterocycles. The van der Waals surface area contributed by atoms with Crippen LogP contribution in [0.2, 0.25) is 0 Å². The molecule has 0 heterocycles. The number of phenols is 1. The number of nitrogens with zero attached hydrogens (tertiary/aromatic N) is 1. The molecule has 4 nitrogen and oxygen atoms in total. The summed E-state index contributed by atoms with van der Waals surface area (Å²) >= 11 is 0. The topological polar surface area (TPSA) is 57.6 Å². The number of rotatable bonds is 19. The van der Waals surface area contributed by atoms with Crippen LogP contribution in [-0.4, -0.2) is 31.4 Å². The van der Waals surface area contributed by atoms with E-state index in [2.05, 4.69) is 6.92 Å². The van der Waals surface area contributed by atoms with E-state index < -0.39 is 10.0 Å². The lowest BCUT2D eigenvalue weighted by atomic mass is 10.0. The Kier molecular flexibility index (Phi) is 14.9. The highest BCUT2D eigenvalue weighted by molar-refractivity contribution is 7.89. The largest absolute Gasteiger partial charge is 0.507 e. The molecule has 5 heteroatoms. The first-order valence-corrected chi connectivity index (χ1v) is 13.7. The Morgan fingerprint density at radius 1 is 0.700 bits per heavy atom. The molecule has 0 aromatic heterocycles. The van der Waals surface area contributed by atoms with Crippen molar-refractivity contribution in [3.8, 4) is 5.75 Å². The highest BCUT2D eigenvalue weighted by atomic mass is 32.2. The zero-order chi connectivity index (χ0) is 22.1. The number of unbranched alkanes of at least 4 members (excludes halogenated alkanes) is 15. The van der Waals surface area contributed by atoms with Crippen molar-refractivity contribution in [2.75, 3.05) is 13.6 Å². The van der Waals surface area contributed by atoms with Crippen molar-refractivity contribution in [1.29, 1.82) is 0 Å². The third-order valence-electron chi connectivity index (χ3n) is 5.88. The molecule has 174 valence electrons. The van der Waals surface area contributed by atoms with Crippen molar-refractivity contribution in [2.45, 2.75) is 115 Å². The molecule has 0 atom stereocenters. The number of phenolic OH excluding ortho intramolecular Hbond substituents is 1. The summed E-state index contributed by atoms with van der Waals surface area (Å²) in [4.78, 5) is -0.0102. The fourth-order valence-corrected chi connectivity index (χ4v) is 5.13. The van der Waals surface area contributed by atoms with E-state index in [0.717, 1.165) is 12.8 Å². The van der Waals surface area contributed by atoms with Crippen LogP contribution in [0.15, 0.2) is 29.2 Å². The predicted molar refractivity (Wildman–Crippen MR) is 127 cm³/mol. The van der Waals surface area contributed by atoms with Crippen LogP contribution in [0.3, 0.4) is 0 Å². The lowest BCUT2D eigenvalue weighted by Crippen LogP contribution is -2.28. The van der Waals surface area contributed by atoms with Crippen LogP contribution in [-0.2, 0) is 10.0 Å². The Morgan fingerprint density at radius 2 is 1.10 bits per heavy atom. The Bertz CT molecular complexity index is 646. The van der Waals surface area contributed by atoms with E-state index in [1.807, 2.05) is 0 Å². The SMILES string of the molecule is CCCCCCCCCCCCCCCCCCN(C)S(=O)(=O)c1ccccc1O. The first kappa shape index (κ1) is 27.0. The summed E-state index contributed by atoms with van der Waals surface area (Å²) < 4.78 is 26.4.